The first kappa shape index (κ1) is 20.1. The quantitative estimate of drug-likeness (QED) is 0.682. The first-order valence-corrected chi connectivity index (χ1v) is 9.76. The van der Waals surface area contributed by atoms with E-state index < -0.39 is 0 Å². The fourth-order valence-electron chi connectivity index (χ4n) is 2.48. The van der Waals surface area contributed by atoms with E-state index in [1.807, 2.05) is 31.2 Å². The number of amides is 2. The topological polar surface area (TPSA) is 97.3 Å². The first-order valence-electron chi connectivity index (χ1n) is 8.56. The molecule has 28 heavy (non-hydrogen) atoms. The Balaban J connectivity index is 1.61. The molecule has 0 bridgehead atoms. The molecule has 0 aliphatic carbocycles. The van der Waals surface area contributed by atoms with Crippen LogP contribution in [0.15, 0.2) is 29.2 Å². The summed E-state index contributed by atoms with van der Waals surface area (Å²) in [5.41, 5.74) is 0.822. The minimum atomic E-state index is -0.324. The monoisotopic (exact) mass is 419 g/mol. The Morgan fingerprint density at radius 3 is 2.64 bits per heavy atom. The van der Waals surface area contributed by atoms with Gasteiger partial charge in [-0.05, 0) is 61.0 Å². The molecule has 1 aliphatic rings. The number of nitrogens with one attached hydrogen (secondary N) is 1. The summed E-state index contributed by atoms with van der Waals surface area (Å²) in [4.78, 5) is 38.2. The van der Waals surface area contributed by atoms with Crippen LogP contribution in [0.3, 0.4) is 0 Å². The number of halogens is 1. The number of ether oxygens (including phenoxy) is 1. The molecule has 1 fully saturated rings. The maximum absolute atomic E-state index is 12.5. The van der Waals surface area contributed by atoms with Gasteiger partial charge in [-0.25, -0.2) is 4.98 Å². The van der Waals surface area contributed by atoms with Gasteiger partial charge in [0.2, 0.25) is 11.2 Å². The van der Waals surface area contributed by atoms with Crippen molar-refractivity contribution < 1.29 is 14.3 Å². The van der Waals surface area contributed by atoms with Crippen LogP contribution in [0.4, 0.5) is 10.7 Å². The number of thioether (sulfide) groups is 1. The van der Waals surface area contributed by atoms with Crippen molar-refractivity contribution in [1.29, 1.82) is 0 Å². The highest BCUT2D eigenvalue weighted by Crippen LogP contribution is 2.32. The molecule has 3 rings (SSSR count). The van der Waals surface area contributed by atoms with Gasteiger partial charge in [0.1, 0.15) is 11.6 Å². The van der Waals surface area contributed by atoms with Crippen LogP contribution >= 0.6 is 23.4 Å². The van der Waals surface area contributed by atoms with Gasteiger partial charge < -0.3 is 10.1 Å². The lowest BCUT2D eigenvalue weighted by atomic mass is 10.2. The highest BCUT2D eigenvalue weighted by atomic mass is 35.5. The van der Waals surface area contributed by atoms with Crippen LogP contribution in [0.2, 0.25) is 5.28 Å². The van der Waals surface area contributed by atoms with Crippen LogP contribution in [0.5, 0.6) is 5.75 Å². The number of hydrogen-bond donors (Lipinski definition) is 1. The molecular formula is C18H18ClN5O3S. The maximum atomic E-state index is 12.5. The lowest BCUT2D eigenvalue weighted by molar-refractivity contribution is -0.122. The van der Waals surface area contributed by atoms with E-state index >= 15 is 0 Å². The number of aromatic nitrogens is 3. The fourth-order valence-corrected chi connectivity index (χ4v) is 3.55. The molecule has 0 saturated carbocycles. The van der Waals surface area contributed by atoms with Gasteiger partial charge in [0, 0.05) is 13.1 Å². The van der Waals surface area contributed by atoms with Gasteiger partial charge in [-0.2, -0.15) is 9.97 Å². The number of carbonyl (C=O) groups excluding carboxylic acids is 2. The fraction of sp³-hybridized carbons (Fsp3) is 0.278. The third-order valence-corrected chi connectivity index (χ3v) is 4.78. The van der Waals surface area contributed by atoms with Crippen molar-refractivity contribution in [2.24, 2.45) is 0 Å². The molecule has 10 heteroatoms. The molecule has 2 aromatic rings. The predicted octanol–water partition coefficient (Wildman–Crippen LogP) is 3.38. The van der Waals surface area contributed by atoms with E-state index in [9.17, 15) is 9.59 Å². The second kappa shape index (κ2) is 9.03. The maximum Gasteiger partial charge on any atom is 0.293 e. The summed E-state index contributed by atoms with van der Waals surface area (Å²) in [6, 6.07) is 7.33. The molecule has 8 nitrogen and oxygen atoms in total. The average molecular weight is 420 g/mol. The van der Waals surface area contributed by atoms with Crippen LogP contribution in [0.25, 0.3) is 6.08 Å². The van der Waals surface area contributed by atoms with Crippen LogP contribution in [-0.2, 0) is 4.79 Å². The minimum Gasteiger partial charge on any atom is -0.494 e. The van der Waals surface area contributed by atoms with Crippen molar-refractivity contribution in [2.75, 3.05) is 25.0 Å². The summed E-state index contributed by atoms with van der Waals surface area (Å²) in [6.45, 7) is 4.68. The first-order chi connectivity index (χ1) is 13.5. The molecular weight excluding hydrogens is 402 g/mol. The normalized spacial score (nSPS) is 15.4. The number of nitrogens with zero attached hydrogens (tertiary/aromatic N) is 4. The number of hydrogen-bond acceptors (Lipinski definition) is 8. The van der Waals surface area contributed by atoms with Gasteiger partial charge in [0.25, 0.3) is 11.1 Å². The SMILES string of the molecule is CCOc1ccc(/C=C2\SC(=O)N(CCNc3nc(C)nc(Cl)n3)C2=O)cc1. The Kier molecular flexibility index (Phi) is 6.48. The second-order valence-corrected chi connectivity index (χ2v) is 7.07. The van der Waals surface area contributed by atoms with Crippen LogP contribution in [0, 0.1) is 6.92 Å². The number of anilines is 1. The highest BCUT2D eigenvalue weighted by Gasteiger charge is 2.34. The van der Waals surface area contributed by atoms with Crippen LogP contribution < -0.4 is 10.1 Å². The molecule has 1 saturated heterocycles. The Labute approximate surface area is 171 Å². The van der Waals surface area contributed by atoms with E-state index in [1.165, 1.54) is 4.90 Å². The zero-order valence-electron chi connectivity index (χ0n) is 15.3. The Morgan fingerprint density at radius 1 is 1.21 bits per heavy atom. The zero-order valence-corrected chi connectivity index (χ0v) is 16.9. The van der Waals surface area contributed by atoms with Gasteiger partial charge in [0.05, 0.1) is 11.5 Å². The van der Waals surface area contributed by atoms with E-state index in [0.29, 0.717) is 29.8 Å². The third kappa shape index (κ3) is 4.99. The van der Waals surface area contributed by atoms with Crippen molar-refractivity contribution in [3.8, 4) is 5.75 Å². The summed E-state index contributed by atoms with van der Waals surface area (Å²) in [7, 11) is 0. The second-order valence-electron chi connectivity index (χ2n) is 5.74. The highest BCUT2D eigenvalue weighted by molar-refractivity contribution is 8.18. The smallest absolute Gasteiger partial charge is 0.293 e. The summed E-state index contributed by atoms with van der Waals surface area (Å²) in [6.07, 6.45) is 1.70. The predicted molar refractivity (Wildman–Crippen MR) is 108 cm³/mol. The molecule has 0 radical (unpaired) electrons. The molecule has 1 aromatic heterocycles. The molecule has 146 valence electrons. The number of imide groups is 1. The molecule has 0 atom stereocenters. The number of carbonyl (C=O) groups is 2. The Morgan fingerprint density at radius 2 is 1.96 bits per heavy atom. The summed E-state index contributed by atoms with van der Waals surface area (Å²) in [5, 5.41) is 2.71. The van der Waals surface area contributed by atoms with E-state index in [4.69, 9.17) is 16.3 Å². The van der Waals surface area contributed by atoms with Gasteiger partial charge in [-0.1, -0.05) is 12.1 Å². The lowest BCUT2D eigenvalue weighted by Crippen LogP contribution is -2.33. The minimum absolute atomic E-state index is 0.0828. The molecule has 1 aromatic carbocycles. The van der Waals surface area contributed by atoms with Crippen molar-refractivity contribution >= 4 is 46.5 Å². The van der Waals surface area contributed by atoms with Crippen LogP contribution in [0.1, 0.15) is 18.3 Å². The number of rotatable bonds is 7. The molecule has 0 spiro atoms. The van der Waals surface area contributed by atoms with E-state index in [1.54, 1.807) is 13.0 Å². The Hall–Kier alpha value is -2.65. The van der Waals surface area contributed by atoms with Crippen molar-refractivity contribution in [3.63, 3.8) is 0 Å². The standard InChI is InChI=1S/C18H18ClN5O3S/c1-3-27-13-6-4-12(5-7-13)10-14-15(25)24(18(26)28-14)9-8-20-17-22-11(2)21-16(19)23-17/h4-7,10H,3,8-9H2,1-2H3,(H,20,21,22,23)/b14-10-. The number of aryl methyl sites for hydroxylation is 1. The summed E-state index contributed by atoms with van der Waals surface area (Å²) in [5.74, 6) is 1.21. The molecule has 1 N–H and O–H groups in total. The van der Waals surface area contributed by atoms with E-state index in [2.05, 4.69) is 20.3 Å². The Bertz CT molecular complexity index is 900. The zero-order chi connectivity index (χ0) is 20.1. The molecule has 2 heterocycles. The van der Waals surface area contributed by atoms with Gasteiger partial charge in [0.15, 0.2) is 0 Å². The third-order valence-electron chi connectivity index (χ3n) is 3.70. The molecule has 2 amide bonds. The lowest BCUT2D eigenvalue weighted by Gasteiger charge is -2.13. The van der Waals surface area contributed by atoms with Gasteiger partial charge in [-0.3, -0.25) is 14.5 Å². The molecule has 1 aliphatic heterocycles. The van der Waals surface area contributed by atoms with E-state index in [0.717, 1.165) is 23.1 Å². The van der Waals surface area contributed by atoms with Crippen LogP contribution in [-0.4, -0.2) is 50.7 Å². The van der Waals surface area contributed by atoms with E-state index in [-0.39, 0.29) is 23.0 Å². The molecule has 0 unspecified atom stereocenters. The van der Waals surface area contributed by atoms with Gasteiger partial charge in [-0.15, -0.1) is 0 Å². The van der Waals surface area contributed by atoms with Gasteiger partial charge >= 0.3 is 0 Å². The summed E-state index contributed by atoms with van der Waals surface area (Å²) >= 11 is 6.71. The largest absolute Gasteiger partial charge is 0.494 e. The van der Waals surface area contributed by atoms with Crippen molar-refractivity contribution in [1.82, 2.24) is 19.9 Å². The van der Waals surface area contributed by atoms with Crippen molar-refractivity contribution in [2.45, 2.75) is 13.8 Å². The number of benzene rings is 1. The summed E-state index contributed by atoms with van der Waals surface area (Å²) < 4.78 is 5.40. The van der Waals surface area contributed by atoms with Crippen molar-refractivity contribution in [3.05, 3.63) is 45.8 Å². The average Bonchev–Trinajstić information content (AvgIpc) is 2.90.